The zero-order valence-electron chi connectivity index (χ0n) is 20.8. The van der Waals surface area contributed by atoms with Crippen molar-refractivity contribution in [3.63, 3.8) is 0 Å². The van der Waals surface area contributed by atoms with Crippen molar-refractivity contribution in [1.82, 2.24) is 9.55 Å². The van der Waals surface area contributed by atoms with Crippen LogP contribution in [0, 0.1) is 0 Å². The van der Waals surface area contributed by atoms with Gasteiger partial charge in [0.1, 0.15) is 22.8 Å². The van der Waals surface area contributed by atoms with Crippen molar-refractivity contribution >= 4 is 35.5 Å². The largest absolute Gasteiger partial charge is 0.780 e. The second-order valence-corrected chi connectivity index (χ2v) is 8.22. The van der Waals surface area contributed by atoms with Crippen LogP contribution in [0.1, 0.15) is 54.0 Å². The van der Waals surface area contributed by atoms with Gasteiger partial charge >= 0.3 is 0 Å². The number of nitrogens with zero attached hydrogens (tertiary/aromatic N) is 6. The van der Waals surface area contributed by atoms with Crippen LogP contribution in [0.2, 0.25) is 0 Å². The number of rotatable bonds is 2. The summed E-state index contributed by atoms with van der Waals surface area (Å²) in [5.74, 6) is 0. The van der Waals surface area contributed by atoms with Crippen LogP contribution in [0.25, 0.3) is 0 Å². The number of oxime groups is 4. The number of benzene rings is 1. The molecule has 0 atom stereocenters. The molecular weight excluding hydrogens is 503 g/mol. The summed E-state index contributed by atoms with van der Waals surface area (Å²) in [5, 5.41) is 43.3. The van der Waals surface area contributed by atoms with E-state index in [1.807, 2.05) is 29.9 Å². The predicted molar refractivity (Wildman–Crippen MR) is 134 cm³/mol. The minimum absolute atomic E-state index is 0. The average Bonchev–Trinajstić information content (AvgIpc) is 3.28. The standard InChI is InChI=1S/C10H14S.2C4H8N2O2.C4H6N2.Co/c1-10(2,3)8-4-6-9(11)7-5-8;2*1-3(5-7)4(2)6-8;1-6-3-2-5-4-6;/h4-7,11H,1-3H3;2*7-8H,1-2H3;2-4H,1H3;/p-1/b;2*5-3+,6-4+;;. The fourth-order valence-electron chi connectivity index (χ4n) is 1.57. The van der Waals surface area contributed by atoms with Gasteiger partial charge in [0, 0.05) is 36.2 Å². The third-order valence-corrected chi connectivity index (χ3v) is 4.28. The van der Waals surface area contributed by atoms with Gasteiger partial charge in [0.05, 0.1) is 6.33 Å². The van der Waals surface area contributed by atoms with E-state index in [-0.39, 0.29) is 22.2 Å². The minimum Gasteiger partial charge on any atom is -0.780 e. The molecule has 1 heterocycles. The van der Waals surface area contributed by atoms with Gasteiger partial charge in [0.2, 0.25) is 0 Å². The van der Waals surface area contributed by atoms with Crippen molar-refractivity contribution in [2.75, 3.05) is 0 Å². The summed E-state index contributed by atoms with van der Waals surface area (Å²) < 4.78 is 1.89. The average molecular weight is 539 g/mol. The van der Waals surface area contributed by atoms with E-state index in [0.29, 0.717) is 22.8 Å². The quantitative estimate of drug-likeness (QED) is 0.189. The minimum atomic E-state index is 0. The number of imidazole rings is 1. The Morgan fingerprint density at radius 2 is 1.15 bits per heavy atom. The van der Waals surface area contributed by atoms with Gasteiger partial charge in [0.15, 0.2) is 0 Å². The van der Waals surface area contributed by atoms with E-state index in [4.69, 9.17) is 33.5 Å². The first-order valence-electron chi connectivity index (χ1n) is 9.78. The van der Waals surface area contributed by atoms with Gasteiger partial charge in [-0.15, -0.1) is 0 Å². The van der Waals surface area contributed by atoms with Gasteiger partial charge in [-0.05, 0) is 38.7 Å². The molecule has 0 spiro atoms. The Morgan fingerprint density at radius 3 is 1.32 bits per heavy atom. The summed E-state index contributed by atoms with van der Waals surface area (Å²) in [4.78, 5) is 4.70. The third-order valence-electron chi connectivity index (χ3n) is 4.00. The van der Waals surface area contributed by atoms with E-state index in [1.165, 1.54) is 33.3 Å². The third kappa shape index (κ3) is 17.6. The molecule has 0 bridgehead atoms. The zero-order valence-corrected chi connectivity index (χ0v) is 22.6. The monoisotopic (exact) mass is 538 g/mol. The number of hydrogen-bond acceptors (Lipinski definition) is 10. The molecule has 2 rings (SSSR count). The molecule has 193 valence electrons. The molecule has 10 nitrogen and oxygen atoms in total. The number of aromatic nitrogens is 2. The van der Waals surface area contributed by atoms with Crippen molar-refractivity contribution in [3.8, 4) is 0 Å². The van der Waals surface area contributed by atoms with E-state index >= 15 is 0 Å². The summed E-state index contributed by atoms with van der Waals surface area (Å²) in [6.45, 7) is 12.7. The molecule has 0 saturated carbocycles. The fourth-order valence-corrected chi connectivity index (χ4v) is 1.71. The molecule has 4 N–H and O–H groups in total. The maximum atomic E-state index is 8.03. The van der Waals surface area contributed by atoms with Crippen LogP contribution in [0.4, 0.5) is 0 Å². The molecule has 2 aromatic rings. The molecule has 1 radical (unpaired) electrons. The van der Waals surface area contributed by atoms with Gasteiger partial charge < -0.3 is 38.0 Å². The molecule has 0 unspecified atom stereocenters. The topological polar surface area (TPSA) is 148 Å². The molecule has 0 fully saturated rings. The van der Waals surface area contributed by atoms with Gasteiger partial charge in [-0.1, -0.05) is 65.7 Å². The van der Waals surface area contributed by atoms with Crippen LogP contribution in [0.5, 0.6) is 0 Å². The van der Waals surface area contributed by atoms with E-state index < -0.39 is 0 Å². The van der Waals surface area contributed by atoms with Crippen molar-refractivity contribution < 1.29 is 37.6 Å². The van der Waals surface area contributed by atoms with Crippen LogP contribution in [-0.2, 0) is 41.9 Å². The summed E-state index contributed by atoms with van der Waals surface area (Å²) in [6.07, 6.45) is 5.39. The Kier molecular flexibility index (Phi) is 20.4. The molecule has 1 aromatic heterocycles. The van der Waals surface area contributed by atoms with Crippen molar-refractivity contribution in [2.24, 2.45) is 27.7 Å². The molecule has 12 heteroatoms. The van der Waals surface area contributed by atoms with Crippen LogP contribution >= 0.6 is 0 Å². The van der Waals surface area contributed by atoms with Crippen LogP contribution in [0.3, 0.4) is 0 Å². The first kappa shape index (κ1) is 35.6. The van der Waals surface area contributed by atoms with Gasteiger partial charge in [-0.3, -0.25) is 0 Å². The Labute approximate surface area is 217 Å². The van der Waals surface area contributed by atoms with E-state index in [1.54, 1.807) is 12.5 Å². The smallest absolute Gasteiger partial charge is 0.101 e. The molecule has 0 saturated heterocycles. The van der Waals surface area contributed by atoms with E-state index in [0.717, 1.165) is 4.90 Å². The summed E-state index contributed by atoms with van der Waals surface area (Å²) in [7, 11) is 1.94. The molecular formula is C22H35CoN6O4S-. The molecule has 1 aromatic carbocycles. The van der Waals surface area contributed by atoms with Crippen molar-refractivity contribution in [2.45, 2.75) is 58.8 Å². The maximum absolute atomic E-state index is 8.03. The zero-order chi connectivity index (χ0) is 26.0. The Balaban J connectivity index is -0.000000382. The van der Waals surface area contributed by atoms with E-state index in [2.05, 4.69) is 58.5 Å². The second-order valence-electron chi connectivity index (χ2n) is 7.74. The summed E-state index contributed by atoms with van der Waals surface area (Å²) >= 11 is 4.99. The SMILES string of the molecule is CC(=N\O)/C(C)=N/O.CC(=N\O)/C(C)=N/O.CC(C)(C)c1ccc([S-])cc1.Cn1ccnc1.[Co]. The molecule has 0 amide bonds. The Bertz CT molecular complexity index is 842. The van der Waals surface area contributed by atoms with Crippen molar-refractivity contribution in [1.29, 1.82) is 0 Å². The van der Waals surface area contributed by atoms with Crippen LogP contribution in [0.15, 0.2) is 68.5 Å². The molecule has 34 heavy (non-hydrogen) atoms. The second kappa shape index (κ2) is 19.5. The van der Waals surface area contributed by atoms with E-state index in [9.17, 15) is 0 Å². The Hall–Kier alpha value is -2.96. The summed E-state index contributed by atoms with van der Waals surface area (Å²) in [5.41, 5.74) is 2.83. The van der Waals surface area contributed by atoms with Crippen molar-refractivity contribution in [3.05, 3.63) is 48.5 Å². The number of aryl methyl sites for hydroxylation is 1. The number of hydrogen-bond donors (Lipinski definition) is 4. The summed E-state index contributed by atoms with van der Waals surface area (Å²) in [6, 6.07) is 8.16. The molecule has 0 aliphatic heterocycles. The molecule has 0 aliphatic carbocycles. The van der Waals surface area contributed by atoms with Gasteiger partial charge in [0.25, 0.3) is 0 Å². The van der Waals surface area contributed by atoms with Gasteiger partial charge in [-0.2, -0.15) is 4.90 Å². The first-order valence-corrected chi connectivity index (χ1v) is 10.2. The predicted octanol–water partition coefficient (Wildman–Crippen LogP) is 4.68. The first-order chi connectivity index (χ1) is 15.3. The van der Waals surface area contributed by atoms with Crippen LogP contribution < -0.4 is 0 Å². The molecule has 0 aliphatic rings. The normalized spacial score (nSPS) is 12.0. The Morgan fingerprint density at radius 1 is 0.794 bits per heavy atom. The fraction of sp³-hybridized carbons (Fsp3) is 0.409. The van der Waals surface area contributed by atoms with Gasteiger partial charge in [-0.25, -0.2) is 4.98 Å². The maximum Gasteiger partial charge on any atom is 0.101 e. The van der Waals surface area contributed by atoms with Crippen LogP contribution in [-0.4, -0.2) is 53.2 Å².